The second-order valence-corrected chi connectivity index (χ2v) is 2.15. The number of hydrogen-bond acceptors (Lipinski definition) is 3. The van der Waals surface area contributed by atoms with Crippen molar-refractivity contribution in [2.75, 3.05) is 5.73 Å². The minimum atomic E-state index is -0.250. The number of nitrogen functional groups attached to an aromatic ring is 1. The topological polar surface area (TPSA) is 83.5 Å². The van der Waals surface area contributed by atoms with E-state index in [0.717, 1.165) is 5.56 Å². The summed E-state index contributed by atoms with van der Waals surface area (Å²) in [6.07, 6.45) is 0. The van der Waals surface area contributed by atoms with Gasteiger partial charge >= 0.3 is 0 Å². The first-order valence-electron chi connectivity index (χ1n) is 3.24. The zero-order valence-corrected chi connectivity index (χ0v) is 6.69. The maximum absolute atomic E-state index is 9.02. The number of aryl methyl sites for hydroxylation is 1. The molecule has 0 aliphatic carbocycles. The fourth-order valence-electron chi connectivity index (χ4n) is 0.626. The molecule has 0 spiro atoms. The summed E-state index contributed by atoms with van der Waals surface area (Å²) < 4.78 is 0. The Hall–Kier alpha value is -1.71. The van der Waals surface area contributed by atoms with E-state index in [-0.39, 0.29) is 19.6 Å². The van der Waals surface area contributed by atoms with Crippen LogP contribution < -0.4 is 5.73 Å². The molecule has 0 bridgehead atoms. The molecule has 0 aliphatic rings. The van der Waals surface area contributed by atoms with E-state index in [2.05, 4.69) is 0 Å². The van der Waals surface area contributed by atoms with Gasteiger partial charge in [-0.25, -0.2) is 0 Å². The van der Waals surface area contributed by atoms with Crippen LogP contribution >= 0.6 is 0 Å². The molecule has 0 aromatic heterocycles. The summed E-state index contributed by atoms with van der Waals surface area (Å²) in [5.74, 6) is 0.259. The maximum Gasteiger partial charge on any atom is 0.290 e. The number of nitrogens with two attached hydrogens (primary N) is 1. The first-order chi connectivity index (χ1) is 5.61. The van der Waals surface area contributed by atoms with E-state index in [1.54, 1.807) is 12.1 Å². The van der Waals surface area contributed by atoms with Gasteiger partial charge in [-0.2, -0.15) is 0 Å². The zero-order valence-electron chi connectivity index (χ0n) is 6.69. The largest absolute Gasteiger partial charge is 0.508 e. The lowest BCUT2D eigenvalue weighted by Crippen LogP contribution is -1.83. The van der Waals surface area contributed by atoms with Crippen molar-refractivity contribution in [3.05, 3.63) is 23.8 Å². The highest BCUT2D eigenvalue weighted by Crippen LogP contribution is 2.17. The molecule has 0 amide bonds. The van der Waals surface area contributed by atoms with Crippen LogP contribution in [-0.4, -0.2) is 16.7 Å². The summed E-state index contributed by atoms with van der Waals surface area (Å²) >= 11 is 0. The molecular weight excluding hydrogens is 170 g/mol. The fourth-order valence-corrected chi connectivity index (χ4v) is 0.626. The zero-order chi connectivity index (χ0) is 9.56. The van der Waals surface area contributed by atoms with Crippen molar-refractivity contribution >= 4 is 12.2 Å². The summed E-state index contributed by atoms with van der Waals surface area (Å²) in [6.45, 7) is 1.58. The van der Waals surface area contributed by atoms with Crippen molar-refractivity contribution in [3.8, 4) is 5.75 Å². The summed E-state index contributed by atoms with van der Waals surface area (Å²) in [7, 11) is 0. The Bertz CT molecular complexity index is 261. The lowest BCUT2D eigenvalue weighted by molar-refractivity contribution is -0.122. The molecule has 4 N–H and O–H groups in total. The van der Waals surface area contributed by atoms with Gasteiger partial charge in [0.25, 0.3) is 6.47 Å². The molecule has 0 atom stereocenters. The number of carboxylic acid groups (broad SMARTS) is 1. The number of carbonyl (C=O) groups is 1. The predicted molar refractivity (Wildman–Crippen MR) is 52.7 cm³/mol. The third-order valence-electron chi connectivity index (χ3n) is 1.23. The van der Waals surface area contributed by atoms with Crippen LogP contribution in [0.4, 0.5) is 5.69 Å². The molecule has 0 fully saturated rings. The molecule has 4 nitrogen and oxygen atoms in total. The van der Waals surface area contributed by atoms with Gasteiger partial charge in [0.05, 0.1) is 0 Å². The quantitative estimate of drug-likeness (QED) is 0.423. The molecule has 1 aromatic carbocycles. The second kappa shape index (κ2) is 6.97. The minimum Gasteiger partial charge on any atom is -0.508 e. The maximum atomic E-state index is 9.02. The van der Waals surface area contributed by atoms with Gasteiger partial charge in [0, 0.05) is 11.8 Å². The van der Waals surface area contributed by atoms with Crippen LogP contribution in [0.1, 0.15) is 13.0 Å². The molecule has 74 valence electrons. The average molecular weight is 185 g/mol. The van der Waals surface area contributed by atoms with Crippen LogP contribution in [0.2, 0.25) is 0 Å². The van der Waals surface area contributed by atoms with Gasteiger partial charge in [0.2, 0.25) is 0 Å². The lowest BCUT2D eigenvalue weighted by Gasteiger charge is -1.97. The van der Waals surface area contributed by atoms with Crippen LogP contribution in [0, 0.1) is 6.92 Å². The Morgan fingerprint density at radius 1 is 1.46 bits per heavy atom. The van der Waals surface area contributed by atoms with Gasteiger partial charge in [-0.1, -0.05) is 13.5 Å². The van der Waals surface area contributed by atoms with Crippen molar-refractivity contribution < 1.29 is 15.0 Å². The van der Waals surface area contributed by atoms with Gasteiger partial charge in [-0.15, -0.1) is 0 Å². The summed E-state index contributed by atoms with van der Waals surface area (Å²) in [5, 5.41) is 15.9. The summed E-state index contributed by atoms with van der Waals surface area (Å²) in [6, 6.07) is 5.08. The molecule has 0 unspecified atom stereocenters. The van der Waals surface area contributed by atoms with Crippen molar-refractivity contribution in [2.45, 2.75) is 14.4 Å². The highest BCUT2D eigenvalue weighted by atomic mass is 16.3. The molecule has 0 saturated heterocycles. The molecule has 0 saturated carbocycles. The first-order valence-corrected chi connectivity index (χ1v) is 3.24. The van der Waals surface area contributed by atoms with E-state index in [1.165, 1.54) is 6.07 Å². The molecule has 13 heavy (non-hydrogen) atoms. The van der Waals surface area contributed by atoms with Crippen molar-refractivity contribution in [1.29, 1.82) is 0 Å². The van der Waals surface area contributed by atoms with E-state index >= 15 is 0 Å². The van der Waals surface area contributed by atoms with Crippen molar-refractivity contribution in [2.24, 2.45) is 0 Å². The first kappa shape index (κ1) is 13.9. The third-order valence-corrected chi connectivity index (χ3v) is 1.23. The van der Waals surface area contributed by atoms with Gasteiger partial charge in [-0.3, -0.25) is 4.79 Å². The Balaban J connectivity index is 0. The van der Waals surface area contributed by atoms with Crippen LogP contribution in [0.5, 0.6) is 5.75 Å². The van der Waals surface area contributed by atoms with Crippen LogP contribution in [0.15, 0.2) is 18.2 Å². The van der Waals surface area contributed by atoms with E-state index in [0.29, 0.717) is 5.69 Å². The van der Waals surface area contributed by atoms with Crippen LogP contribution in [0.25, 0.3) is 0 Å². The highest BCUT2D eigenvalue weighted by molar-refractivity contribution is 5.47. The number of anilines is 1. The Morgan fingerprint density at radius 2 is 1.92 bits per heavy atom. The third kappa shape index (κ3) is 5.55. The van der Waals surface area contributed by atoms with Crippen molar-refractivity contribution in [3.63, 3.8) is 0 Å². The van der Waals surface area contributed by atoms with Crippen molar-refractivity contribution in [1.82, 2.24) is 0 Å². The van der Waals surface area contributed by atoms with E-state index in [4.69, 9.17) is 20.7 Å². The van der Waals surface area contributed by atoms with Gasteiger partial charge in [0.15, 0.2) is 0 Å². The SMILES string of the molecule is C.Cc1ccc(N)cc1O.O=CO. The Kier molecular flexibility index (Phi) is 7.42. The number of rotatable bonds is 0. The van der Waals surface area contributed by atoms with Crippen LogP contribution in [-0.2, 0) is 4.79 Å². The number of aromatic hydroxyl groups is 1. The predicted octanol–water partition coefficient (Wildman–Crippen LogP) is 1.62. The Labute approximate surface area is 77.6 Å². The molecule has 0 heterocycles. The smallest absolute Gasteiger partial charge is 0.290 e. The molecule has 0 radical (unpaired) electrons. The summed E-state index contributed by atoms with van der Waals surface area (Å²) in [4.78, 5) is 8.36. The minimum absolute atomic E-state index is 0. The molecule has 4 heteroatoms. The lowest BCUT2D eigenvalue weighted by atomic mass is 10.2. The van der Waals surface area contributed by atoms with Gasteiger partial charge in [0.1, 0.15) is 5.75 Å². The highest BCUT2D eigenvalue weighted by Gasteiger charge is 1.92. The number of benzene rings is 1. The normalized spacial score (nSPS) is 7.46. The molecular formula is C9H15NO3. The molecule has 1 aromatic rings. The fraction of sp³-hybridized carbons (Fsp3) is 0.222. The average Bonchev–Trinajstić information content (AvgIpc) is 1.99. The Morgan fingerprint density at radius 3 is 2.23 bits per heavy atom. The standard InChI is InChI=1S/C7H9NO.CH2O2.CH4/c1-5-2-3-6(8)4-7(5)9;2-1-3;/h2-4,9H,8H2,1H3;1H,(H,2,3);1H4. The second-order valence-electron chi connectivity index (χ2n) is 2.15. The van der Waals surface area contributed by atoms with Crippen LogP contribution in [0.3, 0.4) is 0 Å². The number of phenolic OH excluding ortho intramolecular Hbond substituents is 1. The summed E-state index contributed by atoms with van der Waals surface area (Å²) in [5.41, 5.74) is 6.81. The molecule has 1 rings (SSSR count). The number of hydrogen-bond donors (Lipinski definition) is 3. The van der Waals surface area contributed by atoms with E-state index in [1.807, 2.05) is 6.92 Å². The van der Waals surface area contributed by atoms with Gasteiger partial charge in [-0.05, 0) is 18.6 Å². The van der Waals surface area contributed by atoms with E-state index in [9.17, 15) is 0 Å². The van der Waals surface area contributed by atoms with E-state index < -0.39 is 0 Å². The van der Waals surface area contributed by atoms with Gasteiger partial charge < -0.3 is 15.9 Å². The monoisotopic (exact) mass is 185 g/mol. The molecule has 0 aliphatic heterocycles. The number of phenols is 1.